The largest absolute Gasteiger partial charge is 0.494 e. The maximum absolute atomic E-state index is 13.6. The summed E-state index contributed by atoms with van der Waals surface area (Å²) in [7, 11) is 4.04. The van der Waals surface area contributed by atoms with E-state index in [0.717, 1.165) is 36.6 Å². The van der Waals surface area contributed by atoms with Crippen molar-refractivity contribution in [2.75, 3.05) is 27.2 Å². The maximum Gasteiger partial charge on any atom is 0.203 e. The van der Waals surface area contributed by atoms with Gasteiger partial charge >= 0.3 is 0 Å². The molecule has 6 nitrogen and oxygen atoms in total. The van der Waals surface area contributed by atoms with Crippen molar-refractivity contribution in [2.24, 2.45) is 0 Å². The topological polar surface area (TPSA) is 38.5 Å². The average molecular weight is 470 g/mol. The predicted molar refractivity (Wildman–Crippen MR) is 131 cm³/mol. The van der Waals surface area contributed by atoms with E-state index in [4.69, 9.17) is 22.1 Å². The van der Waals surface area contributed by atoms with Gasteiger partial charge in [-0.15, -0.1) is 0 Å². The molecule has 8 heteroatoms. The first-order chi connectivity index (χ1) is 15.9. The number of halogens is 1. The summed E-state index contributed by atoms with van der Waals surface area (Å²) in [5.41, 5.74) is 2.10. The van der Waals surface area contributed by atoms with Gasteiger partial charge in [0.2, 0.25) is 4.77 Å². The zero-order chi connectivity index (χ0) is 23.5. The Kier molecular flexibility index (Phi) is 7.26. The van der Waals surface area contributed by atoms with Crippen molar-refractivity contribution in [3.8, 4) is 11.4 Å². The lowest BCUT2D eigenvalue weighted by Gasteiger charge is -2.24. The van der Waals surface area contributed by atoms with Crippen LogP contribution >= 0.6 is 12.2 Å². The molecule has 2 atom stereocenters. The van der Waals surface area contributed by atoms with Crippen molar-refractivity contribution in [3.63, 3.8) is 0 Å². The quantitative estimate of drug-likeness (QED) is 0.416. The number of benzene rings is 2. The van der Waals surface area contributed by atoms with Crippen LogP contribution in [0.25, 0.3) is 5.69 Å². The average Bonchev–Trinajstić information content (AvgIpc) is 3.39. The lowest BCUT2D eigenvalue weighted by atomic mass is 10.0. The fourth-order valence-corrected chi connectivity index (χ4v) is 4.65. The summed E-state index contributed by atoms with van der Waals surface area (Å²) >= 11 is 5.88. The molecular formula is C25H32FN5OS. The van der Waals surface area contributed by atoms with Crippen LogP contribution in [0.4, 0.5) is 4.39 Å². The van der Waals surface area contributed by atoms with Crippen molar-refractivity contribution in [1.29, 1.82) is 0 Å². The van der Waals surface area contributed by atoms with E-state index in [1.807, 2.05) is 42.4 Å². The van der Waals surface area contributed by atoms with Crippen molar-refractivity contribution in [1.82, 2.24) is 24.1 Å². The molecule has 0 aliphatic carbocycles. The molecule has 33 heavy (non-hydrogen) atoms. The van der Waals surface area contributed by atoms with Gasteiger partial charge in [-0.1, -0.05) is 12.1 Å². The number of rotatable bonds is 8. The Morgan fingerprint density at radius 3 is 2.48 bits per heavy atom. The molecule has 2 aromatic carbocycles. The number of hydrogen-bond donors (Lipinski definition) is 0. The molecule has 0 amide bonds. The summed E-state index contributed by atoms with van der Waals surface area (Å²) in [6.07, 6.45) is 2.23. The van der Waals surface area contributed by atoms with Crippen LogP contribution in [0.1, 0.15) is 50.2 Å². The Hall–Kier alpha value is -2.55. The highest BCUT2D eigenvalue weighted by Crippen LogP contribution is 2.33. The van der Waals surface area contributed by atoms with Crippen molar-refractivity contribution in [2.45, 2.75) is 45.4 Å². The van der Waals surface area contributed by atoms with Crippen LogP contribution in [0.5, 0.6) is 5.75 Å². The zero-order valence-corrected chi connectivity index (χ0v) is 20.6. The van der Waals surface area contributed by atoms with E-state index < -0.39 is 0 Å². The van der Waals surface area contributed by atoms with E-state index in [0.29, 0.717) is 24.1 Å². The zero-order valence-electron chi connectivity index (χ0n) is 19.7. The summed E-state index contributed by atoms with van der Waals surface area (Å²) in [5, 5.41) is 4.94. The van der Waals surface area contributed by atoms with E-state index >= 15 is 0 Å². The van der Waals surface area contributed by atoms with Crippen molar-refractivity contribution < 1.29 is 9.13 Å². The fourth-order valence-electron chi connectivity index (χ4n) is 4.35. The fraction of sp³-hybridized carbons (Fsp3) is 0.440. The highest BCUT2D eigenvalue weighted by atomic mass is 32.1. The molecule has 0 bridgehead atoms. The first-order valence-electron chi connectivity index (χ1n) is 11.5. The standard InChI is InChI=1S/C25H32FN5OS/c1-5-32-22-14-8-19(9-15-22)23-7-6-16-29(23)17-30-25(33)31(21-12-10-20(26)11-13-21)24(27-30)18(2)28(3)4/h8-15,18,23H,5-7,16-17H2,1-4H3. The smallest absolute Gasteiger partial charge is 0.203 e. The Labute approximate surface area is 200 Å². The molecule has 1 aliphatic heterocycles. The summed E-state index contributed by atoms with van der Waals surface area (Å²) < 4.78 is 23.6. The van der Waals surface area contributed by atoms with E-state index in [1.165, 1.54) is 17.7 Å². The minimum Gasteiger partial charge on any atom is -0.494 e. The lowest BCUT2D eigenvalue weighted by molar-refractivity contribution is 0.188. The van der Waals surface area contributed by atoms with Gasteiger partial charge in [-0.3, -0.25) is 14.4 Å². The maximum atomic E-state index is 13.6. The molecule has 176 valence electrons. The molecule has 0 saturated carbocycles. The van der Waals surface area contributed by atoms with Crippen molar-refractivity contribution in [3.05, 3.63) is 70.5 Å². The minimum atomic E-state index is -0.268. The predicted octanol–water partition coefficient (Wildman–Crippen LogP) is 5.36. The third kappa shape index (κ3) is 5.03. The van der Waals surface area contributed by atoms with Gasteiger partial charge in [0.1, 0.15) is 11.6 Å². The van der Waals surface area contributed by atoms with Crippen LogP contribution in [0.2, 0.25) is 0 Å². The van der Waals surface area contributed by atoms with E-state index in [2.05, 4.69) is 28.9 Å². The summed E-state index contributed by atoms with van der Waals surface area (Å²) in [6.45, 7) is 6.35. The lowest BCUT2D eigenvalue weighted by Crippen LogP contribution is -2.27. The van der Waals surface area contributed by atoms with Crippen LogP contribution in [0.3, 0.4) is 0 Å². The molecule has 1 aromatic heterocycles. The first kappa shape index (κ1) is 23.6. The van der Waals surface area contributed by atoms with Crippen LogP contribution < -0.4 is 4.74 Å². The molecule has 3 aromatic rings. The van der Waals surface area contributed by atoms with Crippen LogP contribution in [-0.2, 0) is 6.67 Å². The molecule has 2 heterocycles. The van der Waals surface area contributed by atoms with E-state index in [1.54, 1.807) is 12.1 Å². The number of hydrogen-bond acceptors (Lipinski definition) is 5. The molecule has 0 N–H and O–H groups in total. The van der Waals surface area contributed by atoms with Gasteiger partial charge in [0.05, 0.1) is 19.3 Å². The number of nitrogens with zero attached hydrogens (tertiary/aromatic N) is 5. The van der Waals surface area contributed by atoms with Gasteiger partial charge in [-0.05, 0) is 95.0 Å². The molecule has 1 saturated heterocycles. The second-order valence-corrected chi connectivity index (χ2v) is 9.07. The highest BCUT2D eigenvalue weighted by molar-refractivity contribution is 7.71. The SMILES string of the molecule is CCOc1ccc(C2CCCN2Cn2nc(C(C)N(C)C)n(-c3ccc(F)cc3)c2=S)cc1. The first-order valence-corrected chi connectivity index (χ1v) is 11.9. The number of ether oxygens (including phenoxy) is 1. The molecule has 1 fully saturated rings. The second kappa shape index (κ2) is 10.2. The second-order valence-electron chi connectivity index (χ2n) is 8.71. The minimum absolute atomic E-state index is 0.0403. The Morgan fingerprint density at radius 2 is 1.85 bits per heavy atom. The normalized spacial score (nSPS) is 17.6. The van der Waals surface area contributed by atoms with Crippen LogP contribution in [0.15, 0.2) is 48.5 Å². The molecule has 4 rings (SSSR count). The van der Waals surface area contributed by atoms with Crippen LogP contribution in [-0.4, -0.2) is 51.4 Å². The number of aromatic nitrogens is 3. The molecular weight excluding hydrogens is 437 g/mol. The third-order valence-corrected chi connectivity index (χ3v) is 6.75. The van der Waals surface area contributed by atoms with Gasteiger partial charge in [0, 0.05) is 18.3 Å². The van der Waals surface area contributed by atoms with Gasteiger partial charge in [0.25, 0.3) is 0 Å². The van der Waals surface area contributed by atoms with Gasteiger partial charge in [-0.2, -0.15) is 5.10 Å². The Morgan fingerprint density at radius 1 is 1.15 bits per heavy atom. The molecule has 0 radical (unpaired) electrons. The summed E-state index contributed by atoms with van der Waals surface area (Å²) in [6, 6.07) is 15.2. The summed E-state index contributed by atoms with van der Waals surface area (Å²) in [5.74, 6) is 1.47. The van der Waals surface area contributed by atoms with Gasteiger partial charge < -0.3 is 4.74 Å². The monoisotopic (exact) mass is 469 g/mol. The van der Waals surface area contributed by atoms with E-state index in [9.17, 15) is 4.39 Å². The van der Waals surface area contributed by atoms with Crippen molar-refractivity contribution >= 4 is 12.2 Å². The van der Waals surface area contributed by atoms with Gasteiger partial charge in [0.15, 0.2) is 5.82 Å². The molecule has 1 aliphatic rings. The Balaban J connectivity index is 1.65. The molecule has 2 unspecified atom stereocenters. The number of likely N-dealkylation sites (tertiary alicyclic amines) is 1. The van der Waals surface area contributed by atoms with Gasteiger partial charge in [-0.25, -0.2) is 9.07 Å². The molecule has 0 spiro atoms. The summed E-state index contributed by atoms with van der Waals surface area (Å²) in [4.78, 5) is 4.53. The highest BCUT2D eigenvalue weighted by Gasteiger charge is 2.28. The van der Waals surface area contributed by atoms with E-state index in [-0.39, 0.29) is 11.9 Å². The Bertz CT molecular complexity index is 1120. The third-order valence-electron chi connectivity index (χ3n) is 6.35. The van der Waals surface area contributed by atoms with Crippen LogP contribution in [0, 0.1) is 10.6 Å².